The standard InChI is InChI=1S/C10H13BrN2OS.ClH/c11-8-2-4-15-9(8)6-13-10(14)7-1-3-12-5-7;/h2,4,7,12H,1,3,5-6H2,(H,13,14);1H/t7-;/m0./s1. The molecule has 0 bridgehead atoms. The first-order valence-electron chi connectivity index (χ1n) is 4.97. The van der Waals surface area contributed by atoms with Crippen molar-refractivity contribution in [2.45, 2.75) is 13.0 Å². The second-order valence-corrected chi connectivity index (χ2v) is 5.45. The first kappa shape index (κ1) is 14.0. The van der Waals surface area contributed by atoms with E-state index in [1.807, 2.05) is 11.4 Å². The van der Waals surface area contributed by atoms with Gasteiger partial charge in [0.1, 0.15) is 0 Å². The molecular formula is C10H14BrClN2OS. The van der Waals surface area contributed by atoms with Gasteiger partial charge in [-0.25, -0.2) is 0 Å². The molecule has 1 aliphatic rings. The Hall–Kier alpha value is -0.100. The van der Waals surface area contributed by atoms with Crippen LogP contribution in [0.1, 0.15) is 11.3 Å². The van der Waals surface area contributed by atoms with E-state index >= 15 is 0 Å². The molecular weight excluding hydrogens is 312 g/mol. The Bertz CT molecular complexity index is 352. The number of halogens is 2. The Morgan fingerprint density at radius 2 is 2.50 bits per heavy atom. The predicted octanol–water partition coefficient (Wildman–Crippen LogP) is 2.16. The monoisotopic (exact) mass is 324 g/mol. The molecule has 90 valence electrons. The van der Waals surface area contributed by atoms with Crippen molar-refractivity contribution >= 4 is 45.6 Å². The van der Waals surface area contributed by atoms with Crippen molar-refractivity contribution in [1.82, 2.24) is 10.6 Å². The van der Waals surface area contributed by atoms with Gasteiger partial charge < -0.3 is 10.6 Å². The summed E-state index contributed by atoms with van der Waals surface area (Å²) in [7, 11) is 0. The van der Waals surface area contributed by atoms with Crippen LogP contribution in [0.3, 0.4) is 0 Å². The lowest BCUT2D eigenvalue weighted by molar-refractivity contribution is -0.124. The van der Waals surface area contributed by atoms with E-state index in [0.29, 0.717) is 6.54 Å². The van der Waals surface area contributed by atoms with E-state index < -0.39 is 0 Å². The summed E-state index contributed by atoms with van der Waals surface area (Å²) in [5.74, 6) is 0.323. The maximum atomic E-state index is 11.7. The molecule has 1 aromatic heterocycles. The van der Waals surface area contributed by atoms with E-state index in [1.54, 1.807) is 11.3 Å². The van der Waals surface area contributed by atoms with Gasteiger partial charge in [0.25, 0.3) is 0 Å². The summed E-state index contributed by atoms with van der Waals surface area (Å²) in [6, 6.07) is 2.00. The molecule has 0 saturated carbocycles. The van der Waals surface area contributed by atoms with Gasteiger partial charge in [0.05, 0.1) is 12.5 Å². The molecule has 1 fully saturated rings. The van der Waals surface area contributed by atoms with Crippen molar-refractivity contribution < 1.29 is 4.79 Å². The van der Waals surface area contributed by atoms with Crippen molar-refractivity contribution in [3.05, 3.63) is 20.8 Å². The quantitative estimate of drug-likeness (QED) is 0.894. The van der Waals surface area contributed by atoms with Crippen LogP contribution >= 0.6 is 39.7 Å². The fourth-order valence-electron chi connectivity index (χ4n) is 1.64. The number of hydrogen-bond donors (Lipinski definition) is 2. The van der Waals surface area contributed by atoms with Crippen LogP contribution in [-0.4, -0.2) is 19.0 Å². The number of amides is 1. The fourth-order valence-corrected chi connectivity index (χ4v) is 3.07. The Balaban J connectivity index is 0.00000128. The number of hydrogen-bond acceptors (Lipinski definition) is 3. The second-order valence-electron chi connectivity index (χ2n) is 3.60. The molecule has 2 heterocycles. The summed E-state index contributed by atoms with van der Waals surface area (Å²) in [4.78, 5) is 12.9. The molecule has 1 amide bonds. The van der Waals surface area contributed by atoms with Crippen LogP contribution < -0.4 is 10.6 Å². The zero-order chi connectivity index (χ0) is 10.7. The summed E-state index contributed by atoms with van der Waals surface area (Å²) in [6.45, 7) is 2.41. The van der Waals surface area contributed by atoms with Crippen LogP contribution in [0.15, 0.2) is 15.9 Å². The van der Waals surface area contributed by atoms with Crippen LogP contribution in [0.2, 0.25) is 0 Å². The molecule has 0 unspecified atom stereocenters. The Kier molecular flexibility index (Phi) is 5.75. The molecule has 0 radical (unpaired) electrons. The van der Waals surface area contributed by atoms with Crippen molar-refractivity contribution in [3.8, 4) is 0 Å². The Morgan fingerprint density at radius 3 is 3.06 bits per heavy atom. The number of carbonyl (C=O) groups is 1. The van der Waals surface area contributed by atoms with Crippen LogP contribution in [0.25, 0.3) is 0 Å². The van der Waals surface area contributed by atoms with Gasteiger partial charge in [0.15, 0.2) is 0 Å². The predicted molar refractivity (Wildman–Crippen MR) is 72.1 cm³/mol. The zero-order valence-electron chi connectivity index (χ0n) is 8.66. The van der Waals surface area contributed by atoms with Gasteiger partial charge in [-0.2, -0.15) is 0 Å². The van der Waals surface area contributed by atoms with E-state index in [2.05, 4.69) is 26.6 Å². The number of thiophene rings is 1. The van der Waals surface area contributed by atoms with Crippen molar-refractivity contribution in [2.75, 3.05) is 13.1 Å². The van der Waals surface area contributed by atoms with Crippen molar-refractivity contribution in [2.24, 2.45) is 5.92 Å². The minimum Gasteiger partial charge on any atom is -0.351 e. The average molecular weight is 326 g/mol. The highest BCUT2D eigenvalue weighted by atomic mass is 79.9. The maximum absolute atomic E-state index is 11.7. The van der Waals surface area contributed by atoms with Gasteiger partial charge in [0, 0.05) is 15.9 Å². The van der Waals surface area contributed by atoms with Gasteiger partial charge >= 0.3 is 0 Å². The van der Waals surface area contributed by atoms with Gasteiger partial charge in [-0.15, -0.1) is 23.7 Å². The van der Waals surface area contributed by atoms with Gasteiger partial charge in [-0.3, -0.25) is 4.79 Å². The molecule has 1 aliphatic heterocycles. The topological polar surface area (TPSA) is 41.1 Å². The highest BCUT2D eigenvalue weighted by molar-refractivity contribution is 9.10. The van der Waals surface area contributed by atoms with E-state index in [-0.39, 0.29) is 24.2 Å². The van der Waals surface area contributed by atoms with Crippen molar-refractivity contribution in [3.63, 3.8) is 0 Å². The molecule has 1 saturated heterocycles. The molecule has 0 spiro atoms. The summed E-state index contributed by atoms with van der Waals surface area (Å²) in [5.41, 5.74) is 0. The molecule has 3 nitrogen and oxygen atoms in total. The summed E-state index contributed by atoms with van der Waals surface area (Å²) in [5, 5.41) is 8.18. The summed E-state index contributed by atoms with van der Waals surface area (Å²) >= 11 is 5.10. The third-order valence-electron chi connectivity index (χ3n) is 2.55. The van der Waals surface area contributed by atoms with Crippen LogP contribution in [0.5, 0.6) is 0 Å². The van der Waals surface area contributed by atoms with E-state index in [4.69, 9.17) is 0 Å². The maximum Gasteiger partial charge on any atom is 0.224 e. The van der Waals surface area contributed by atoms with Crippen LogP contribution in [-0.2, 0) is 11.3 Å². The first-order chi connectivity index (χ1) is 7.27. The lowest BCUT2D eigenvalue weighted by Gasteiger charge is -2.08. The SMILES string of the molecule is Cl.O=C(NCc1sccc1Br)[C@H]1CCNC1. The molecule has 0 aliphatic carbocycles. The van der Waals surface area contributed by atoms with E-state index in [0.717, 1.165) is 24.0 Å². The highest BCUT2D eigenvalue weighted by Crippen LogP contribution is 2.22. The molecule has 2 rings (SSSR count). The number of nitrogens with one attached hydrogen (secondary N) is 2. The number of carbonyl (C=O) groups excluding carboxylic acids is 1. The van der Waals surface area contributed by atoms with E-state index in [1.165, 1.54) is 4.88 Å². The highest BCUT2D eigenvalue weighted by Gasteiger charge is 2.21. The molecule has 16 heavy (non-hydrogen) atoms. The van der Waals surface area contributed by atoms with Gasteiger partial charge in [-0.1, -0.05) is 0 Å². The molecule has 0 aromatic carbocycles. The minimum atomic E-state index is 0. The minimum absolute atomic E-state index is 0. The number of rotatable bonds is 3. The molecule has 6 heteroatoms. The second kappa shape index (κ2) is 6.59. The van der Waals surface area contributed by atoms with E-state index in [9.17, 15) is 4.79 Å². The first-order valence-corrected chi connectivity index (χ1v) is 6.65. The third-order valence-corrected chi connectivity index (χ3v) is 4.47. The fraction of sp³-hybridized carbons (Fsp3) is 0.500. The molecule has 1 atom stereocenters. The van der Waals surface area contributed by atoms with Crippen LogP contribution in [0.4, 0.5) is 0 Å². The molecule has 1 aromatic rings. The lowest BCUT2D eigenvalue weighted by atomic mass is 10.1. The lowest BCUT2D eigenvalue weighted by Crippen LogP contribution is -2.31. The van der Waals surface area contributed by atoms with Crippen molar-refractivity contribution in [1.29, 1.82) is 0 Å². The Labute approximate surface area is 114 Å². The van der Waals surface area contributed by atoms with Crippen LogP contribution in [0, 0.1) is 5.92 Å². The van der Waals surface area contributed by atoms with Gasteiger partial charge in [-0.05, 0) is 40.3 Å². The zero-order valence-corrected chi connectivity index (χ0v) is 11.9. The van der Waals surface area contributed by atoms with Gasteiger partial charge in [0.2, 0.25) is 5.91 Å². The smallest absolute Gasteiger partial charge is 0.224 e. The molecule has 2 N–H and O–H groups in total. The average Bonchev–Trinajstić information content (AvgIpc) is 2.85. The Morgan fingerprint density at radius 1 is 1.69 bits per heavy atom. The third kappa shape index (κ3) is 3.45. The largest absolute Gasteiger partial charge is 0.351 e. The summed E-state index contributed by atoms with van der Waals surface area (Å²) in [6.07, 6.45) is 0.956. The summed E-state index contributed by atoms with van der Waals surface area (Å²) < 4.78 is 1.08. The normalized spacial score (nSPS) is 19.2.